The van der Waals surface area contributed by atoms with Crippen LogP contribution < -0.4 is 11.1 Å². The molecule has 0 unspecified atom stereocenters. The fraction of sp³-hybridized carbons (Fsp3) is 0.450. The molecule has 5 atom stereocenters. The van der Waals surface area contributed by atoms with Gasteiger partial charge in [-0.25, -0.2) is 28.3 Å². The normalized spacial score (nSPS) is 18.4. The van der Waals surface area contributed by atoms with Crippen LogP contribution in [-0.2, 0) is 23.8 Å². The van der Waals surface area contributed by atoms with Crippen molar-refractivity contribution in [2.24, 2.45) is 11.7 Å². The molecule has 15 nitrogen and oxygen atoms in total. The first kappa shape index (κ1) is 40.8. The summed E-state index contributed by atoms with van der Waals surface area (Å²) >= 11 is 0. The quantitative estimate of drug-likeness (QED) is 0.125. The van der Waals surface area contributed by atoms with Crippen LogP contribution in [-0.4, -0.2) is 98.8 Å². The number of nitrogens with two attached hydrogens (primary N) is 1. The summed E-state index contributed by atoms with van der Waals surface area (Å²) < 4.78 is 46.8. The maximum absolute atomic E-state index is 15.7. The van der Waals surface area contributed by atoms with Crippen LogP contribution in [0.15, 0.2) is 48.8 Å². The van der Waals surface area contributed by atoms with E-state index in [1.165, 1.54) is 31.6 Å². The van der Waals surface area contributed by atoms with E-state index in [0.717, 1.165) is 6.42 Å². The van der Waals surface area contributed by atoms with Crippen molar-refractivity contribution >= 4 is 24.0 Å². The minimum absolute atomic E-state index is 0.186. The summed E-state index contributed by atoms with van der Waals surface area (Å²) in [6, 6.07) is 7.53. The molecule has 0 radical (unpaired) electrons. The number of aromatic amines is 2. The Morgan fingerprint density at radius 3 is 1.81 bits per heavy atom. The highest BCUT2D eigenvalue weighted by Crippen LogP contribution is 2.36. The molecule has 6 rings (SSSR count). The lowest BCUT2D eigenvalue weighted by molar-refractivity contribution is -0.149. The van der Waals surface area contributed by atoms with Gasteiger partial charge in [0, 0.05) is 30.8 Å². The smallest absolute Gasteiger partial charge is 0.407 e. The number of rotatable bonds is 13. The Balaban J connectivity index is 1.16. The first-order valence-electron chi connectivity index (χ1n) is 19.0. The van der Waals surface area contributed by atoms with E-state index in [4.69, 9.17) is 19.9 Å². The van der Waals surface area contributed by atoms with Crippen LogP contribution in [0, 0.1) is 17.6 Å². The molecule has 2 aliphatic rings. The van der Waals surface area contributed by atoms with Crippen LogP contribution in [0.4, 0.5) is 18.4 Å². The van der Waals surface area contributed by atoms with Gasteiger partial charge in [-0.3, -0.25) is 9.59 Å². The van der Waals surface area contributed by atoms with Crippen LogP contribution in [0.1, 0.15) is 77.1 Å². The second-order valence-electron chi connectivity index (χ2n) is 14.5. The van der Waals surface area contributed by atoms with Crippen molar-refractivity contribution in [2.45, 2.75) is 83.7 Å². The highest BCUT2D eigenvalue weighted by atomic mass is 19.1. The van der Waals surface area contributed by atoms with Crippen LogP contribution >= 0.6 is 0 Å². The van der Waals surface area contributed by atoms with Gasteiger partial charge in [-0.15, -0.1) is 0 Å². The molecule has 2 fully saturated rings. The van der Waals surface area contributed by atoms with Crippen molar-refractivity contribution in [3.05, 3.63) is 72.1 Å². The molecule has 2 saturated heterocycles. The predicted octanol–water partition coefficient (Wildman–Crippen LogP) is 6.01. The van der Waals surface area contributed by atoms with Gasteiger partial charge in [0.2, 0.25) is 12.0 Å². The Hall–Kier alpha value is -5.84. The molecule has 4 amide bonds. The van der Waals surface area contributed by atoms with Crippen molar-refractivity contribution in [1.29, 1.82) is 0 Å². The number of primary amides is 1. The third-order valence-corrected chi connectivity index (χ3v) is 10.5. The van der Waals surface area contributed by atoms with Gasteiger partial charge in [-0.1, -0.05) is 26.0 Å². The molecule has 17 heteroatoms. The monoisotopic (exact) mass is 790 g/mol. The van der Waals surface area contributed by atoms with E-state index in [9.17, 15) is 19.2 Å². The van der Waals surface area contributed by atoms with Gasteiger partial charge in [0.25, 0.3) is 5.91 Å². The summed E-state index contributed by atoms with van der Waals surface area (Å²) in [7, 11) is 1.24. The molecule has 57 heavy (non-hydrogen) atoms. The van der Waals surface area contributed by atoms with E-state index < -0.39 is 54.0 Å². The number of carbonyl (C=O) groups is 4. The summed E-state index contributed by atoms with van der Waals surface area (Å²) in [5.41, 5.74) is 7.44. The van der Waals surface area contributed by atoms with Gasteiger partial charge in [0.05, 0.1) is 43.0 Å². The molecular formula is C40H48F2N8O7. The topological polar surface area (TPSA) is 198 Å². The van der Waals surface area contributed by atoms with E-state index in [2.05, 4.69) is 25.3 Å². The second kappa shape index (κ2) is 17.5. The van der Waals surface area contributed by atoms with Crippen molar-refractivity contribution in [3.63, 3.8) is 0 Å². The van der Waals surface area contributed by atoms with Crippen molar-refractivity contribution in [1.82, 2.24) is 35.1 Å². The Morgan fingerprint density at radius 1 is 0.860 bits per heavy atom. The predicted molar refractivity (Wildman–Crippen MR) is 204 cm³/mol. The van der Waals surface area contributed by atoms with E-state index in [1.807, 2.05) is 13.8 Å². The Bertz CT molecular complexity index is 2100. The largest absolute Gasteiger partial charge is 0.453 e. The Morgan fingerprint density at radius 2 is 1.37 bits per heavy atom. The van der Waals surface area contributed by atoms with Gasteiger partial charge in [-0.2, -0.15) is 0 Å². The second-order valence-corrected chi connectivity index (χ2v) is 14.5. The molecule has 0 bridgehead atoms. The fourth-order valence-corrected chi connectivity index (χ4v) is 7.61. The molecule has 4 aromatic rings. The highest BCUT2D eigenvalue weighted by molar-refractivity contribution is 5.86. The number of nitrogens with zero attached hydrogens (tertiary/aromatic N) is 4. The molecule has 2 aromatic carbocycles. The zero-order valence-electron chi connectivity index (χ0n) is 32.5. The number of benzene rings is 2. The average Bonchev–Trinajstić information content (AvgIpc) is 4.02. The SMILES string of the molecule is CCO[C@H](C)[C@H](OC(N)=O)C(=O)N1CCC[C@H]1c1ncc(-c2ccc(-c3ccc(-c4cnc([C@@H]5CCCN5C(=O)[C@@H](NC(=O)OC)C(C)C)[nH]4)c(F)c3)cc2F)[nH]1. The van der Waals surface area contributed by atoms with E-state index in [0.29, 0.717) is 73.1 Å². The maximum Gasteiger partial charge on any atom is 0.407 e. The lowest BCUT2D eigenvalue weighted by Gasteiger charge is -2.30. The molecule has 2 aliphatic heterocycles. The number of ether oxygens (including phenoxy) is 3. The van der Waals surface area contributed by atoms with Crippen molar-refractivity contribution in [3.8, 4) is 33.6 Å². The zero-order valence-corrected chi connectivity index (χ0v) is 32.5. The minimum Gasteiger partial charge on any atom is -0.453 e. The van der Waals surface area contributed by atoms with E-state index in [1.54, 1.807) is 47.9 Å². The molecule has 304 valence electrons. The molecule has 5 N–H and O–H groups in total. The lowest BCUT2D eigenvalue weighted by atomic mass is 10.00. The van der Waals surface area contributed by atoms with Crippen LogP contribution in [0.25, 0.3) is 33.6 Å². The minimum atomic E-state index is -1.24. The number of imidazole rings is 2. The number of alkyl carbamates (subject to hydrolysis) is 1. The molecule has 0 saturated carbocycles. The zero-order chi connectivity index (χ0) is 41.0. The lowest BCUT2D eigenvalue weighted by Crippen LogP contribution is -2.51. The number of H-pyrrole nitrogens is 2. The highest BCUT2D eigenvalue weighted by Gasteiger charge is 2.40. The van der Waals surface area contributed by atoms with Gasteiger partial charge >= 0.3 is 12.2 Å². The third kappa shape index (κ3) is 8.77. The van der Waals surface area contributed by atoms with Crippen LogP contribution in [0.2, 0.25) is 0 Å². The molecular weight excluding hydrogens is 742 g/mol. The number of amides is 4. The van der Waals surface area contributed by atoms with Crippen molar-refractivity contribution in [2.75, 3.05) is 26.8 Å². The number of nitrogens with one attached hydrogen (secondary N) is 3. The molecule has 0 spiro atoms. The number of aromatic nitrogens is 4. The van der Waals surface area contributed by atoms with E-state index >= 15 is 8.78 Å². The van der Waals surface area contributed by atoms with Gasteiger partial charge in [-0.05, 0) is 80.8 Å². The van der Waals surface area contributed by atoms with Crippen LogP contribution in [0.5, 0.6) is 0 Å². The summed E-state index contributed by atoms with van der Waals surface area (Å²) in [6.45, 7) is 8.25. The summed E-state index contributed by atoms with van der Waals surface area (Å²) in [4.78, 5) is 69.1. The number of carbonyl (C=O) groups excluding carboxylic acids is 4. The fourth-order valence-electron chi connectivity index (χ4n) is 7.61. The van der Waals surface area contributed by atoms with Gasteiger partial charge in [0.1, 0.15) is 35.4 Å². The number of halogens is 2. The van der Waals surface area contributed by atoms with Crippen molar-refractivity contribution < 1.29 is 42.2 Å². The summed E-state index contributed by atoms with van der Waals surface area (Å²) in [5, 5.41) is 2.63. The number of hydrogen-bond acceptors (Lipinski definition) is 9. The maximum atomic E-state index is 15.7. The summed E-state index contributed by atoms with van der Waals surface area (Å²) in [5.74, 6) is -1.07. The number of hydrogen-bond donors (Lipinski definition) is 4. The summed E-state index contributed by atoms with van der Waals surface area (Å²) in [6.07, 6.45) is 1.91. The van der Waals surface area contributed by atoms with Gasteiger partial charge < -0.3 is 45.0 Å². The first-order chi connectivity index (χ1) is 27.3. The van der Waals surface area contributed by atoms with E-state index in [-0.39, 0.29) is 29.0 Å². The Kier molecular flexibility index (Phi) is 12.6. The molecule has 0 aliphatic carbocycles. The average molecular weight is 791 g/mol. The van der Waals surface area contributed by atoms with Crippen LogP contribution in [0.3, 0.4) is 0 Å². The third-order valence-electron chi connectivity index (χ3n) is 10.5. The number of likely N-dealkylation sites (tertiary alicyclic amines) is 2. The molecule has 2 aromatic heterocycles. The molecule has 4 heterocycles. The number of methoxy groups -OCH3 is 1. The van der Waals surface area contributed by atoms with Gasteiger partial charge in [0.15, 0.2) is 0 Å². The standard InChI is InChI=1S/C40H48F2N8O7/c1-6-56-22(4)34(57-39(43)53)38(52)50-16-8-10-32(50)36-45-20-30(47-36)26-14-12-24(18-28(26)42)23-11-13-25(27(41)17-23)29-19-44-35(46-29)31-9-7-15-49(31)37(51)33(21(2)3)48-40(54)55-5/h11-14,17-22,31-34H,6-10,15-16H2,1-5H3,(H2,43,53)(H,44,46)(H,45,47)(H,48,54)/t22-,31+,32+,33+,34+/m1/s1. The first-order valence-corrected chi connectivity index (χ1v) is 19.0. The Labute approximate surface area is 328 Å².